The summed E-state index contributed by atoms with van der Waals surface area (Å²) in [6.45, 7) is 4.39. The highest BCUT2D eigenvalue weighted by Gasteiger charge is 2.10. The van der Waals surface area contributed by atoms with Crippen molar-refractivity contribution in [2.75, 3.05) is 12.3 Å². The van der Waals surface area contributed by atoms with Crippen molar-refractivity contribution < 1.29 is 4.79 Å². The number of nitrogens with zero attached hydrogens (tertiary/aromatic N) is 2. The van der Waals surface area contributed by atoms with Crippen molar-refractivity contribution >= 4 is 17.7 Å². The maximum atomic E-state index is 11.6. The van der Waals surface area contributed by atoms with Crippen molar-refractivity contribution in [3.05, 3.63) is 41.7 Å². The molecule has 5 heteroatoms. The van der Waals surface area contributed by atoms with Crippen LogP contribution in [0.2, 0.25) is 0 Å². The standard InChI is InChI=1S/C16H17N3OS/c1-4-7-17-15(20)11-21-16-18-8-9-19(16)14-6-5-12(2)10-13(14)3/h1,5-6,8-10H,7,11H2,2-3H3,(H,17,20). The van der Waals surface area contributed by atoms with Crippen LogP contribution in [0.5, 0.6) is 0 Å². The molecule has 1 amide bonds. The van der Waals surface area contributed by atoms with Crippen LogP contribution >= 0.6 is 11.8 Å². The van der Waals surface area contributed by atoms with Crippen molar-refractivity contribution in [2.45, 2.75) is 19.0 Å². The number of nitrogens with one attached hydrogen (secondary N) is 1. The first-order valence-corrected chi connectivity index (χ1v) is 7.54. The van der Waals surface area contributed by atoms with E-state index in [4.69, 9.17) is 6.42 Å². The van der Waals surface area contributed by atoms with Crippen LogP contribution < -0.4 is 5.32 Å². The summed E-state index contributed by atoms with van der Waals surface area (Å²) in [5, 5.41) is 3.43. The highest BCUT2D eigenvalue weighted by Crippen LogP contribution is 2.23. The van der Waals surface area contributed by atoms with Gasteiger partial charge in [-0.2, -0.15) is 0 Å². The van der Waals surface area contributed by atoms with Crippen LogP contribution in [0.4, 0.5) is 0 Å². The molecule has 4 nitrogen and oxygen atoms in total. The van der Waals surface area contributed by atoms with Gasteiger partial charge in [0.1, 0.15) is 0 Å². The highest BCUT2D eigenvalue weighted by atomic mass is 32.2. The lowest BCUT2D eigenvalue weighted by Gasteiger charge is -2.11. The summed E-state index contributed by atoms with van der Waals surface area (Å²) in [5.41, 5.74) is 3.47. The number of rotatable bonds is 5. The molecule has 0 unspecified atom stereocenters. The third-order valence-corrected chi connectivity index (χ3v) is 3.91. The Balaban J connectivity index is 2.12. The molecule has 0 atom stereocenters. The van der Waals surface area contributed by atoms with Crippen molar-refractivity contribution in [1.29, 1.82) is 0 Å². The average molecular weight is 299 g/mol. The molecular weight excluding hydrogens is 282 g/mol. The lowest BCUT2D eigenvalue weighted by molar-refractivity contribution is -0.118. The molecule has 0 spiro atoms. The van der Waals surface area contributed by atoms with E-state index in [1.54, 1.807) is 6.20 Å². The van der Waals surface area contributed by atoms with Crippen molar-refractivity contribution in [2.24, 2.45) is 0 Å². The van der Waals surface area contributed by atoms with E-state index in [1.165, 1.54) is 22.9 Å². The second-order valence-electron chi connectivity index (χ2n) is 4.64. The van der Waals surface area contributed by atoms with E-state index >= 15 is 0 Å². The van der Waals surface area contributed by atoms with Gasteiger partial charge >= 0.3 is 0 Å². The highest BCUT2D eigenvalue weighted by molar-refractivity contribution is 7.99. The minimum Gasteiger partial charge on any atom is -0.344 e. The Bertz CT molecular complexity index is 685. The van der Waals surface area contributed by atoms with Crippen molar-refractivity contribution in [3.8, 4) is 18.0 Å². The van der Waals surface area contributed by atoms with Gasteiger partial charge in [0, 0.05) is 12.4 Å². The fraction of sp³-hybridized carbons (Fsp3) is 0.250. The SMILES string of the molecule is C#CCNC(=O)CSc1nccn1-c1ccc(C)cc1C. The number of benzene rings is 1. The van der Waals surface area contributed by atoms with Gasteiger partial charge in [0.15, 0.2) is 5.16 Å². The molecule has 21 heavy (non-hydrogen) atoms. The number of terminal acetylenes is 1. The van der Waals surface area contributed by atoms with Crippen molar-refractivity contribution in [1.82, 2.24) is 14.9 Å². The summed E-state index contributed by atoms with van der Waals surface area (Å²) in [6, 6.07) is 6.26. The normalized spacial score (nSPS) is 10.1. The van der Waals surface area contributed by atoms with E-state index in [9.17, 15) is 4.79 Å². The van der Waals surface area contributed by atoms with E-state index < -0.39 is 0 Å². The second-order valence-corrected chi connectivity index (χ2v) is 5.58. The first-order valence-electron chi connectivity index (χ1n) is 6.55. The summed E-state index contributed by atoms with van der Waals surface area (Å²) >= 11 is 1.39. The Hall–Kier alpha value is -2.19. The summed E-state index contributed by atoms with van der Waals surface area (Å²) in [4.78, 5) is 15.9. The molecule has 1 aromatic heterocycles. The first-order chi connectivity index (χ1) is 10.1. The number of aromatic nitrogens is 2. The van der Waals surface area contributed by atoms with Crippen LogP contribution in [0, 0.1) is 26.2 Å². The molecule has 0 aliphatic heterocycles. The topological polar surface area (TPSA) is 46.9 Å². The van der Waals surface area contributed by atoms with Gasteiger partial charge in [-0.25, -0.2) is 4.98 Å². The van der Waals surface area contributed by atoms with Gasteiger partial charge in [-0.05, 0) is 25.5 Å². The molecule has 2 rings (SSSR count). The smallest absolute Gasteiger partial charge is 0.231 e. The van der Waals surface area contributed by atoms with E-state index in [0.717, 1.165) is 10.8 Å². The fourth-order valence-electron chi connectivity index (χ4n) is 1.99. The van der Waals surface area contributed by atoms with Crippen LogP contribution in [0.3, 0.4) is 0 Å². The predicted octanol–water partition coefficient (Wildman–Crippen LogP) is 2.33. The number of hydrogen-bond donors (Lipinski definition) is 1. The van der Waals surface area contributed by atoms with E-state index in [0.29, 0.717) is 5.75 Å². The number of hydrogen-bond acceptors (Lipinski definition) is 3. The molecule has 1 aromatic carbocycles. The molecule has 0 radical (unpaired) electrons. The lowest BCUT2D eigenvalue weighted by Crippen LogP contribution is -2.25. The average Bonchev–Trinajstić information content (AvgIpc) is 2.91. The number of carbonyl (C=O) groups excluding carboxylic acids is 1. The van der Waals surface area contributed by atoms with Gasteiger partial charge in [-0.1, -0.05) is 35.4 Å². The quantitative estimate of drug-likeness (QED) is 0.681. The molecule has 0 bridgehead atoms. The molecule has 1 heterocycles. The summed E-state index contributed by atoms with van der Waals surface area (Å²) in [6.07, 6.45) is 8.75. The fourth-order valence-corrected chi connectivity index (χ4v) is 2.78. The second kappa shape index (κ2) is 7.00. The summed E-state index contributed by atoms with van der Waals surface area (Å²) in [5.74, 6) is 2.59. The van der Waals surface area contributed by atoms with Crippen LogP contribution in [-0.4, -0.2) is 27.8 Å². The molecule has 0 aliphatic rings. The van der Waals surface area contributed by atoms with Crippen LogP contribution in [0.1, 0.15) is 11.1 Å². The maximum Gasteiger partial charge on any atom is 0.231 e. The van der Waals surface area contributed by atoms with E-state index in [1.807, 2.05) is 10.8 Å². The zero-order valence-electron chi connectivity index (χ0n) is 12.1. The molecule has 0 aliphatic carbocycles. The number of carbonyl (C=O) groups is 1. The van der Waals surface area contributed by atoms with Gasteiger partial charge in [0.05, 0.1) is 18.0 Å². The zero-order chi connectivity index (χ0) is 15.2. The Kier molecular flexibility index (Phi) is 5.07. The van der Waals surface area contributed by atoms with Gasteiger partial charge in [0.2, 0.25) is 5.91 Å². The van der Waals surface area contributed by atoms with E-state index in [-0.39, 0.29) is 12.5 Å². The number of amides is 1. The molecule has 0 saturated heterocycles. The zero-order valence-corrected chi connectivity index (χ0v) is 12.9. The Labute approximate surface area is 129 Å². The van der Waals surface area contributed by atoms with Crippen LogP contribution in [0.25, 0.3) is 5.69 Å². The third-order valence-electron chi connectivity index (χ3n) is 2.94. The maximum absolute atomic E-state index is 11.6. The van der Waals surface area contributed by atoms with E-state index in [2.05, 4.69) is 48.3 Å². The van der Waals surface area contributed by atoms with Gasteiger partial charge in [-0.3, -0.25) is 9.36 Å². The largest absolute Gasteiger partial charge is 0.344 e. The molecule has 2 aromatic rings. The number of imidazole rings is 1. The predicted molar refractivity (Wildman–Crippen MR) is 85.6 cm³/mol. The number of thioether (sulfide) groups is 1. The molecular formula is C16H17N3OS. The molecule has 1 N–H and O–H groups in total. The Morgan fingerprint density at radius 3 is 3.00 bits per heavy atom. The van der Waals surface area contributed by atoms with Gasteiger partial charge in [-0.15, -0.1) is 6.42 Å². The number of aryl methyl sites for hydroxylation is 2. The minimum atomic E-state index is -0.0897. The van der Waals surface area contributed by atoms with Crippen molar-refractivity contribution in [3.63, 3.8) is 0 Å². The first kappa shape index (κ1) is 15.2. The third kappa shape index (κ3) is 3.89. The van der Waals surface area contributed by atoms with Gasteiger partial charge < -0.3 is 5.32 Å². The molecule has 0 fully saturated rings. The molecule has 108 valence electrons. The van der Waals surface area contributed by atoms with Crippen LogP contribution in [0.15, 0.2) is 35.7 Å². The summed E-state index contributed by atoms with van der Waals surface area (Å²) < 4.78 is 1.99. The Morgan fingerprint density at radius 2 is 2.29 bits per heavy atom. The minimum absolute atomic E-state index is 0.0897. The van der Waals surface area contributed by atoms with Crippen LogP contribution in [-0.2, 0) is 4.79 Å². The molecule has 0 saturated carbocycles. The lowest BCUT2D eigenvalue weighted by atomic mass is 10.1. The Morgan fingerprint density at radius 1 is 1.48 bits per heavy atom. The monoisotopic (exact) mass is 299 g/mol. The summed E-state index contributed by atoms with van der Waals surface area (Å²) in [7, 11) is 0. The van der Waals surface area contributed by atoms with Gasteiger partial charge in [0.25, 0.3) is 0 Å².